The van der Waals surface area contributed by atoms with Crippen molar-refractivity contribution in [2.75, 3.05) is 7.11 Å². The topological polar surface area (TPSA) is 79.1 Å². The molecule has 2 aromatic heterocycles. The first-order chi connectivity index (χ1) is 12.9. The Morgan fingerprint density at radius 2 is 1.89 bits per heavy atom. The number of para-hydroxylation sites is 1. The van der Waals surface area contributed by atoms with Gasteiger partial charge in [0.05, 0.1) is 19.5 Å². The zero-order chi connectivity index (χ0) is 19.6. The molecule has 0 bridgehead atoms. The molecule has 0 aliphatic rings. The summed E-state index contributed by atoms with van der Waals surface area (Å²) in [5, 5.41) is 4.22. The lowest BCUT2D eigenvalue weighted by atomic mass is 10.3. The quantitative estimate of drug-likeness (QED) is 0.568. The van der Waals surface area contributed by atoms with E-state index in [4.69, 9.17) is 4.74 Å². The zero-order valence-corrected chi connectivity index (χ0v) is 15.8. The minimum absolute atomic E-state index is 0.000854. The van der Waals surface area contributed by atoms with Gasteiger partial charge in [-0.25, -0.2) is 28.2 Å². The molecule has 0 radical (unpaired) electrons. The Morgan fingerprint density at radius 1 is 1.22 bits per heavy atom. The average Bonchev–Trinajstić information content (AvgIpc) is 2.98. The summed E-state index contributed by atoms with van der Waals surface area (Å²) in [6.45, 7) is 1.48. The number of rotatable bonds is 5. The number of halogens is 3. The number of carbonyl (C=O) groups is 1. The summed E-state index contributed by atoms with van der Waals surface area (Å²) in [5.74, 6) is -1.70. The fourth-order valence-corrected chi connectivity index (χ4v) is 2.78. The molecular weight excluding hydrogens is 426 g/mol. The minimum atomic E-state index is -0.961. The summed E-state index contributed by atoms with van der Waals surface area (Å²) in [4.78, 5) is 19.5. The van der Waals surface area contributed by atoms with Crippen LogP contribution in [0.2, 0.25) is 0 Å². The van der Waals surface area contributed by atoms with E-state index >= 15 is 0 Å². The smallest absolute Gasteiger partial charge is 0.346 e. The normalized spacial score (nSPS) is 11.9. The summed E-state index contributed by atoms with van der Waals surface area (Å²) < 4.78 is 39.2. The standard InChI is InChI=1S/C17H13BrF2N4O3/c1-9(17(25)26-2)27-16-13(18)14(15-21-7-10(19)8-22-15)24(23-16)12-6-4-3-5-11(12)20/h3-9H,1-2H3/t9-/m1/s1. The highest BCUT2D eigenvalue weighted by Gasteiger charge is 2.26. The first-order valence-corrected chi connectivity index (χ1v) is 8.47. The fourth-order valence-electron chi connectivity index (χ4n) is 2.26. The predicted molar refractivity (Wildman–Crippen MR) is 94.3 cm³/mol. The van der Waals surface area contributed by atoms with Crippen molar-refractivity contribution in [1.82, 2.24) is 19.7 Å². The molecule has 3 aromatic rings. The van der Waals surface area contributed by atoms with Crippen LogP contribution in [0.15, 0.2) is 41.1 Å². The van der Waals surface area contributed by atoms with Crippen molar-refractivity contribution in [3.05, 3.63) is 52.8 Å². The minimum Gasteiger partial charge on any atom is -0.466 e. The number of methoxy groups -OCH3 is 1. The molecule has 27 heavy (non-hydrogen) atoms. The summed E-state index contributed by atoms with van der Waals surface area (Å²) in [6.07, 6.45) is 0.994. The Bertz CT molecular complexity index is 979. The van der Waals surface area contributed by atoms with Crippen LogP contribution in [0, 0.1) is 11.6 Å². The highest BCUT2D eigenvalue weighted by Crippen LogP contribution is 2.36. The molecule has 0 saturated heterocycles. The maximum atomic E-state index is 14.3. The van der Waals surface area contributed by atoms with Gasteiger partial charge in [-0.2, -0.15) is 0 Å². The SMILES string of the molecule is COC(=O)[C@@H](C)Oc1nn(-c2ccccc2F)c(-c2ncc(F)cn2)c1Br. The van der Waals surface area contributed by atoms with E-state index in [1.807, 2.05) is 0 Å². The first kappa shape index (κ1) is 18.9. The van der Waals surface area contributed by atoms with Crippen LogP contribution in [0.3, 0.4) is 0 Å². The Balaban J connectivity index is 2.16. The maximum absolute atomic E-state index is 14.3. The van der Waals surface area contributed by atoms with E-state index in [9.17, 15) is 13.6 Å². The summed E-state index contributed by atoms with van der Waals surface area (Å²) >= 11 is 3.32. The molecular formula is C17H13BrF2N4O3. The van der Waals surface area contributed by atoms with Gasteiger partial charge in [-0.1, -0.05) is 12.1 Å². The van der Waals surface area contributed by atoms with E-state index < -0.39 is 23.7 Å². The Kier molecular flexibility index (Phi) is 5.45. The molecule has 0 aliphatic heterocycles. The van der Waals surface area contributed by atoms with Crippen molar-refractivity contribution in [3.63, 3.8) is 0 Å². The van der Waals surface area contributed by atoms with E-state index in [-0.39, 0.29) is 27.6 Å². The van der Waals surface area contributed by atoms with E-state index in [0.717, 1.165) is 12.4 Å². The van der Waals surface area contributed by atoms with Gasteiger partial charge < -0.3 is 9.47 Å². The summed E-state index contributed by atoms with van der Waals surface area (Å²) in [5.41, 5.74) is 0.328. The van der Waals surface area contributed by atoms with Crippen LogP contribution >= 0.6 is 15.9 Å². The molecule has 0 saturated carbocycles. The molecule has 2 heterocycles. The predicted octanol–water partition coefficient (Wildman–Crippen LogP) is 3.31. The fraction of sp³-hybridized carbons (Fsp3) is 0.176. The van der Waals surface area contributed by atoms with Crippen molar-refractivity contribution in [3.8, 4) is 23.1 Å². The van der Waals surface area contributed by atoms with Crippen LogP contribution in [0.1, 0.15) is 6.92 Å². The number of hydrogen-bond acceptors (Lipinski definition) is 6. The summed E-state index contributed by atoms with van der Waals surface area (Å²) in [7, 11) is 1.23. The zero-order valence-electron chi connectivity index (χ0n) is 14.2. The molecule has 0 fully saturated rings. The molecule has 1 atom stereocenters. The highest BCUT2D eigenvalue weighted by molar-refractivity contribution is 9.10. The Labute approximate surface area is 161 Å². The van der Waals surface area contributed by atoms with E-state index in [1.54, 1.807) is 6.07 Å². The summed E-state index contributed by atoms with van der Waals surface area (Å²) in [6, 6.07) is 5.91. The molecule has 7 nitrogen and oxygen atoms in total. The van der Waals surface area contributed by atoms with Crippen LogP contribution < -0.4 is 4.74 Å². The van der Waals surface area contributed by atoms with Gasteiger partial charge in [0.15, 0.2) is 17.7 Å². The largest absolute Gasteiger partial charge is 0.466 e. The molecule has 1 aromatic carbocycles. The van der Waals surface area contributed by atoms with E-state index in [2.05, 4.69) is 35.7 Å². The third-order valence-electron chi connectivity index (χ3n) is 3.53. The lowest BCUT2D eigenvalue weighted by Crippen LogP contribution is -2.25. The van der Waals surface area contributed by atoms with Crippen molar-refractivity contribution in [2.24, 2.45) is 0 Å². The van der Waals surface area contributed by atoms with Crippen molar-refractivity contribution in [1.29, 1.82) is 0 Å². The molecule has 10 heteroatoms. The monoisotopic (exact) mass is 438 g/mol. The van der Waals surface area contributed by atoms with Gasteiger partial charge in [-0.15, -0.1) is 5.10 Å². The molecule has 0 aliphatic carbocycles. The maximum Gasteiger partial charge on any atom is 0.346 e. The van der Waals surface area contributed by atoms with Gasteiger partial charge in [-0.3, -0.25) is 0 Å². The van der Waals surface area contributed by atoms with E-state index in [0.29, 0.717) is 0 Å². The molecule has 0 spiro atoms. The molecule has 0 unspecified atom stereocenters. The number of esters is 1. The van der Waals surface area contributed by atoms with Crippen LogP contribution in [0.5, 0.6) is 5.88 Å². The van der Waals surface area contributed by atoms with Gasteiger partial charge in [0.1, 0.15) is 21.7 Å². The van der Waals surface area contributed by atoms with Crippen molar-refractivity contribution in [2.45, 2.75) is 13.0 Å². The van der Waals surface area contributed by atoms with Gasteiger partial charge in [0, 0.05) is 0 Å². The van der Waals surface area contributed by atoms with Gasteiger partial charge >= 0.3 is 5.97 Å². The number of benzene rings is 1. The number of ether oxygens (including phenoxy) is 2. The van der Waals surface area contributed by atoms with Gasteiger partial charge in [0.2, 0.25) is 5.88 Å². The third kappa shape index (κ3) is 3.80. The van der Waals surface area contributed by atoms with Gasteiger partial charge in [0.25, 0.3) is 0 Å². The van der Waals surface area contributed by atoms with Crippen LogP contribution in [-0.4, -0.2) is 38.9 Å². The number of carbonyl (C=O) groups excluding carboxylic acids is 1. The van der Waals surface area contributed by atoms with Crippen LogP contribution in [0.4, 0.5) is 8.78 Å². The number of nitrogens with zero attached hydrogens (tertiary/aromatic N) is 4. The molecule has 3 rings (SSSR count). The lowest BCUT2D eigenvalue weighted by molar-refractivity contribution is -0.148. The lowest BCUT2D eigenvalue weighted by Gasteiger charge is -2.10. The number of aromatic nitrogens is 4. The Hall–Kier alpha value is -2.88. The van der Waals surface area contributed by atoms with Gasteiger partial charge in [-0.05, 0) is 35.0 Å². The molecule has 0 amide bonds. The van der Waals surface area contributed by atoms with Crippen molar-refractivity contribution >= 4 is 21.9 Å². The second-order valence-corrected chi connectivity index (χ2v) is 6.13. The first-order valence-electron chi connectivity index (χ1n) is 7.68. The molecule has 0 N–H and O–H groups in total. The second kappa shape index (κ2) is 7.78. The second-order valence-electron chi connectivity index (χ2n) is 5.34. The van der Waals surface area contributed by atoms with Crippen molar-refractivity contribution < 1.29 is 23.0 Å². The average molecular weight is 439 g/mol. The van der Waals surface area contributed by atoms with Crippen LogP contribution in [0.25, 0.3) is 17.2 Å². The van der Waals surface area contributed by atoms with Crippen LogP contribution in [-0.2, 0) is 9.53 Å². The Morgan fingerprint density at radius 3 is 2.52 bits per heavy atom. The number of hydrogen-bond donors (Lipinski definition) is 0. The van der Waals surface area contributed by atoms with E-state index in [1.165, 1.54) is 36.9 Å². The highest BCUT2D eigenvalue weighted by atomic mass is 79.9. The third-order valence-corrected chi connectivity index (χ3v) is 4.25. The molecule has 140 valence electrons.